The number of fused-ring (bicyclic) bond motifs is 1. The number of rotatable bonds is 7. The molecule has 4 rings (SSSR count). The molecule has 0 spiro atoms. The number of tetrazole rings is 1. The molecule has 1 amide bonds. The molecule has 0 aliphatic carbocycles. The minimum absolute atomic E-state index is 0.189. The molecule has 1 aliphatic heterocycles. The zero-order valence-corrected chi connectivity index (χ0v) is 16.2. The van der Waals surface area contributed by atoms with E-state index in [1.54, 1.807) is 12.1 Å². The topological polar surface area (TPSA) is 117 Å². The average Bonchev–Trinajstić information content (AvgIpc) is 3.40. The van der Waals surface area contributed by atoms with E-state index in [9.17, 15) is 9.59 Å². The molecule has 2 aromatic carbocycles. The van der Waals surface area contributed by atoms with Crippen LogP contribution in [0.4, 0.5) is 0 Å². The Morgan fingerprint density at radius 1 is 1.13 bits per heavy atom. The maximum atomic E-state index is 11.9. The lowest BCUT2D eigenvalue weighted by atomic mass is 10.1. The van der Waals surface area contributed by atoms with Gasteiger partial charge in [-0.1, -0.05) is 35.9 Å². The van der Waals surface area contributed by atoms with Gasteiger partial charge in [0.1, 0.15) is 0 Å². The fourth-order valence-electron chi connectivity index (χ4n) is 2.74. The summed E-state index contributed by atoms with van der Waals surface area (Å²) in [5.41, 5.74) is 2.75. The molecule has 154 valence electrons. The standard InChI is InChI=1S/C20H19N5O5/c1-13-2-5-15(6-3-13)20-22-24-25(23-20)10-19(27)28-11-18(26)21-9-14-4-7-16-17(8-14)30-12-29-16/h2-8H,9-12H2,1H3,(H,21,26). The summed E-state index contributed by atoms with van der Waals surface area (Å²) in [6, 6.07) is 13.0. The van der Waals surface area contributed by atoms with E-state index in [2.05, 4.69) is 20.7 Å². The molecular weight excluding hydrogens is 390 g/mol. The SMILES string of the molecule is Cc1ccc(-c2nnn(CC(=O)OCC(=O)NCc3ccc4c(c3)OCO4)n2)cc1. The van der Waals surface area contributed by atoms with E-state index in [0.29, 0.717) is 17.3 Å². The van der Waals surface area contributed by atoms with Gasteiger partial charge >= 0.3 is 5.97 Å². The maximum Gasteiger partial charge on any atom is 0.330 e. The van der Waals surface area contributed by atoms with Gasteiger partial charge in [0.15, 0.2) is 24.7 Å². The van der Waals surface area contributed by atoms with E-state index in [-0.39, 0.29) is 19.9 Å². The average molecular weight is 409 g/mol. The lowest BCUT2D eigenvalue weighted by molar-refractivity contribution is -0.149. The van der Waals surface area contributed by atoms with Crippen molar-refractivity contribution in [2.45, 2.75) is 20.0 Å². The van der Waals surface area contributed by atoms with Gasteiger partial charge < -0.3 is 19.5 Å². The number of carbonyl (C=O) groups excluding carboxylic acids is 2. The molecule has 1 aliphatic rings. The van der Waals surface area contributed by atoms with Gasteiger partial charge in [-0.3, -0.25) is 4.79 Å². The first kappa shape index (κ1) is 19.4. The van der Waals surface area contributed by atoms with Crippen molar-refractivity contribution in [1.29, 1.82) is 0 Å². The number of ether oxygens (including phenoxy) is 3. The van der Waals surface area contributed by atoms with Crippen LogP contribution >= 0.6 is 0 Å². The predicted molar refractivity (Wildman–Crippen MR) is 103 cm³/mol. The van der Waals surface area contributed by atoms with Crippen LogP contribution in [0.5, 0.6) is 11.5 Å². The fourth-order valence-corrected chi connectivity index (χ4v) is 2.74. The van der Waals surface area contributed by atoms with E-state index in [1.165, 1.54) is 0 Å². The van der Waals surface area contributed by atoms with Crippen LogP contribution in [0.25, 0.3) is 11.4 Å². The molecule has 0 radical (unpaired) electrons. The predicted octanol–water partition coefficient (Wildman–Crippen LogP) is 1.24. The monoisotopic (exact) mass is 409 g/mol. The molecular formula is C20H19N5O5. The summed E-state index contributed by atoms with van der Waals surface area (Å²) < 4.78 is 15.5. The lowest BCUT2D eigenvalue weighted by Crippen LogP contribution is -2.29. The van der Waals surface area contributed by atoms with Crippen LogP contribution in [0.2, 0.25) is 0 Å². The van der Waals surface area contributed by atoms with Gasteiger partial charge in [0.25, 0.3) is 5.91 Å². The van der Waals surface area contributed by atoms with Gasteiger partial charge in [-0.2, -0.15) is 4.80 Å². The zero-order valence-electron chi connectivity index (χ0n) is 16.2. The Balaban J connectivity index is 1.22. The van der Waals surface area contributed by atoms with Crippen molar-refractivity contribution in [3.05, 3.63) is 53.6 Å². The second-order valence-electron chi connectivity index (χ2n) is 6.63. The maximum absolute atomic E-state index is 11.9. The number of hydrogen-bond acceptors (Lipinski definition) is 8. The van der Waals surface area contributed by atoms with Crippen LogP contribution in [0.15, 0.2) is 42.5 Å². The van der Waals surface area contributed by atoms with Gasteiger partial charge in [-0.25, -0.2) is 4.79 Å². The Kier molecular flexibility index (Phi) is 5.55. The van der Waals surface area contributed by atoms with Gasteiger partial charge in [-0.15, -0.1) is 10.2 Å². The Hall–Kier alpha value is -3.95. The molecule has 0 saturated heterocycles. The number of hydrogen-bond donors (Lipinski definition) is 1. The normalized spacial score (nSPS) is 11.9. The van der Waals surface area contributed by atoms with Crippen molar-refractivity contribution in [3.63, 3.8) is 0 Å². The molecule has 2 heterocycles. The zero-order chi connectivity index (χ0) is 20.9. The molecule has 10 nitrogen and oxygen atoms in total. The molecule has 0 saturated carbocycles. The highest BCUT2D eigenvalue weighted by atomic mass is 16.7. The van der Waals surface area contributed by atoms with Crippen LogP contribution in [-0.4, -0.2) is 45.5 Å². The smallest absolute Gasteiger partial charge is 0.330 e. The summed E-state index contributed by atoms with van der Waals surface area (Å²) in [6.07, 6.45) is 0. The van der Waals surface area contributed by atoms with Crippen molar-refractivity contribution in [2.75, 3.05) is 13.4 Å². The number of nitrogens with zero attached hydrogens (tertiary/aromatic N) is 4. The Morgan fingerprint density at radius 2 is 1.93 bits per heavy atom. The van der Waals surface area contributed by atoms with Crippen molar-refractivity contribution in [2.24, 2.45) is 0 Å². The molecule has 1 N–H and O–H groups in total. The lowest BCUT2D eigenvalue weighted by Gasteiger charge is -2.07. The number of esters is 1. The van der Waals surface area contributed by atoms with Crippen molar-refractivity contribution < 1.29 is 23.8 Å². The van der Waals surface area contributed by atoms with Crippen molar-refractivity contribution >= 4 is 11.9 Å². The molecule has 3 aromatic rings. The molecule has 0 unspecified atom stereocenters. The van der Waals surface area contributed by atoms with E-state index < -0.39 is 18.5 Å². The minimum atomic E-state index is -0.638. The van der Waals surface area contributed by atoms with E-state index >= 15 is 0 Å². The van der Waals surface area contributed by atoms with Gasteiger partial charge in [0, 0.05) is 12.1 Å². The van der Waals surface area contributed by atoms with Crippen LogP contribution < -0.4 is 14.8 Å². The summed E-state index contributed by atoms with van der Waals surface area (Å²) in [7, 11) is 0. The number of nitrogens with one attached hydrogen (secondary N) is 1. The summed E-state index contributed by atoms with van der Waals surface area (Å²) in [4.78, 5) is 25.0. The van der Waals surface area contributed by atoms with Crippen LogP contribution in [-0.2, 0) is 27.4 Å². The van der Waals surface area contributed by atoms with Crippen LogP contribution in [0.3, 0.4) is 0 Å². The fraction of sp³-hybridized carbons (Fsp3) is 0.250. The first-order chi connectivity index (χ1) is 14.6. The number of benzene rings is 2. The summed E-state index contributed by atoms with van der Waals surface area (Å²) in [6.45, 7) is 1.80. The van der Waals surface area contributed by atoms with E-state index in [4.69, 9.17) is 14.2 Å². The third-order valence-corrected chi connectivity index (χ3v) is 4.32. The summed E-state index contributed by atoms with van der Waals surface area (Å²) >= 11 is 0. The van der Waals surface area contributed by atoms with Gasteiger partial charge in [0.05, 0.1) is 0 Å². The molecule has 30 heavy (non-hydrogen) atoms. The molecule has 0 bridgehead atoms. The Labute approximate surface area is 171 Å². The third kappa shape index (κ3) is 4.72. The van der Waals surface area contributed by atoms with E-state index in [1.807, 2.05) is 37.3 Å². The highest BCUT2D eigenvalue weighted by Gasteiger charge is 2.14. The van der Waals surface area contributed by atoms with Gasteiger partial charge in [0.2, 0.25) is 12.6 Å². The van der Waals surface area contributed by atoms with E-state index in [0.717, 1.165) is 21.5 Å². The second kappa shape index (κ2) is 8.60. The number of carbonyl (C=O) groups is 2. The molecule has 0 atom stereocenters. The molecule has 10 heteroatoms. The van der Waals surface area contributed by atoms with Crippen molar-refractivity contribution in [3.8, 4) is 22.9 Å². The highest BCUT2D eigenvalue weighted by Crippen LogP contribution is 2.32. The largest absolute Gasteiger partial charge is 0.454 e. The number of aromatic nitrogens is 4. The highest BCUT2D eigenvalue weighted by molar-refractivity contribution is 5.80. The Morgan fingerprint density at radius 3 is 2.77 bits per heavy atom. The second-order valence-corrected chi connectivity index (χ2v) is 6.63. The summed E-state index contributed by atoms with van der Waals surface area (Å²) in [5, 5.41) is 14.6. The number of amides is 1. The Bertz CT molecular complexity index is 1060. The molecule has 0 fully saturated rings. The van der Waals surface area contributed by atoms with Crippen LogP contribution in [0.1, 0.15) is 11.1 Å². The van der Waals surface area contributed by atoms with Gasteiger partial charge in [-0.05, 0) is 29.8 Å². The first-order valence-electron chi connectivity index (χ1n) is 9.22. The minimum Gasteiger partial charge on any atom is -0.454 e. The summed E-state index contributed by atoms with van der Waals surface area (Å²) in [5.74, 6) is 0.656. The molecule has 1 aromatic heterocycles. The quantitative estimate of drug-likeness (QED) is 0.579. The third-order valence-electron chi connectivity index (χ3n) is 4.32. The van der Waals surface area contributed by atoms with Crippen molar-refractivity contribution in [1.82, 2.24) is 25.5 Å². The first-order valence-corrected chi connectivity index (χ1v) is 9.22. The van der Waals surface area contributed by atoms with Crippen LogP contribution in [0, 0.1) is 6.92 Å². The number of aryl methyl sites for hydroxylation is 1.